The number of urea groups is 1. The lowest BCUT2D eigenvalue weighted by Crippen LogP contribution is -2.51. The highest BCUT2D eigenvalue weighted by Gasteiger charge is 2.48. The van der Waals surface area contributed by atoms with Crippen LogP contribution in [-0.2, 0) is 11.3 Å². The Kier molecular flexibility index (Phi) is 8.33. The van der Waals surface area contributed by atoms with E-state index in [1.807, 2.05) is 18.7 Å². The number of fused-ring (bicyclic) bond motifs is 2. The van der Waals surface area contributed by atoms with Crippen LogP contribution in [0.2, 0.25) is 10.0 Å². The first kappa shape index (κ1) is 29.8. The molecule has 4 atom stereocenters. The van der Waals surface area contributed by atoms with Gasteiger partial charge < -0.3 is 29.3 Å². The van der Waals surface area contributed by atoms with Gasteiger partial charge in [-0.05, 0) is 82.2 Å². The summed E-state index contributed by atoms with van der Waals surface area (Å²) in [5.74, 6) is 0.749. The number of halogens is 2. The smallest absolute Gasteiger partial charge is 0.335 e. The molecule has 2 N–H and O–H groups in total. The fourth-order valence-electron chi connectivity index (χ4n) is 6.46. The molecule has 3 heterocycles. The van der Waals surface area contributed by atoms with Crippen LogP contribution < -0.4 is 10.1 Å². The number of carbonyl (C=O) groups is 2. The number of anilines is 1. The van der Waals surface area contributed by atoms with Crippen LogP contribution in [0.1, 0.15) is 80.5 Å². The van der Waals surface area contributed by atoms with E-state index in [1.165, 1.54) is 12.1 Å². The number of hydrogen-bond donors (Lipinski definition) is 2. The summed E-state index contributed by atoms with van der Waals surface area (Å²) in [5.41, 5.74) is 2.70. The van der Waals surface area contributed by atoms with Crippen LogP contribution in [0.25, 0.3) is 11.3 Å². The van der Waals surface area contributed by atoms with Gasteiger partial charge in [-0.3, -0.25) is 0 Å². The van der Waals surface area contributed by atoms with Gasteiger partial charge in [0.05, 0.1) is 40.1 Å². The second kappa shape index (κ2) is 12.0. The summed E-state index contributed by atoms with van der Waals surface area (Å²) in [5, 5.41) is 17.8. The molecule has 9 nitrogen and oxygen atoms in total. The molecule has 1 aliphatic carbocycles. The number of nitrogens with zero attached hydrogens (tertiary/aromatic N) is 2. The molecule has 11 heteroatoms. The molecule has 3 aliphatic rings. The van der Waals surface area contributed by atoms with Crippen molar-refractivity contribution in [1.82, 2.24) is 10.1 Å². The van der Waals surface area contributed by atoms with Crippen LogP contribution in [-0.4, -0.2) is 51.5 Å². The Hall–Kier alpha value is -3.27. The van der Waals surface area contributed by atoms with Crippen LogP contribution in [0.4, 0.5) is 10.5 Å². The highest BCUT2D eigenvalue weighted by Crippen LogP contribution is 2.47. The Balaban J connectivity index is 1.17. The normalized spacial score (nSPS) is 23.1. The molecule has 2 unspecified atom stereocenters. The van der Waals surface area contributed by atoms with E-state index in [4.69, 9.17) is 37.2 Å². The molecule has 2 saturated heterocycles. The van der Waals surface area contributed by atoms with Crippen molar-refractivity contribution >= 4 is 40.9 Å². The van der Waals surface area contributed by atoms with E-state index in [-0.39, 0.29) is 35.9 Å². The van der Waals surface area contributed by atoms with Crippen LogP contribution >= 0.6 is 23.2 Å². The minimum absolute atomic E-state index is 0.000584. The molecule has 3 aromatic rings. The molecule has 3 fully saturated rings. The van der Waals surface area contributed by atoms with Gasteiger partial charge in [0.25, 0.3) is 0 Å². The van der Waals surface area contributed by atoms with E-state index in [9.17, 15) is 14.7 Å². The fourth-order valence-corrected chi connectivity index (χ4v) is 7.04. The Bertz CT molecular complexity index is 1520. The average Bonchev–Trinajstić information content (AvgIpc) is 3.67. The molecule has 0 radical (unpaired) electrons. The standard InChI is InChI=1S/C32H35Cl2N3O6/c1-16(2)42-27-12-19(31(38)39)9-10-25(27)35-32(40)37-20-11-17(3)26(37)14-21(13-20)41-15-22-29(36-43-30(22)18-7-8-18)28-23(33)5-4-6-24(28)34/h4-6,9-10,12,16-18,20-21,26H,7-8,11,13-15H2,1-3H3,(H,35,40)(H,38,39)/t17-,20?,21+,26?/m1/s1. The first-order valence-corrected chi connectivity index (χ1v) is 15.5. The number of hydrogen-bond acceptors (Lipinski definition) is 6. The molecule has 2 aromatic carbocycles. The summed E-state index contributed by atoms with van der Waals surface area (Å²) in [6, 6.07) is 9.66. The topological polar surface area (TPSA) is 114 Å². The third-order valence-corrected chi connectivity index (χ3v) is 9.22. The highest BCUT2D eigenvalue weighted by molar-refractivity contribution is 6.39. The van der Waals surface area contributed by atoms with E-state index < -0.39 is 5.97 Å². The number of aromatic nitrogens is 1. The van der Waals surface area contributed by atoms with Gasteiger partial charge in [0, 0.05) is 29.1 Å². The van der Waals surface area contributed by atoms with Crippen LogP contribution in [0.5, 0.6) is 5.75 Å². The predicted octanol–water partition coefficient (Wildman–Crippen LogP) is 8.00. The van der Waals surface area contributed by atoms with Gasteiger partial charge in [0.1, 0.15) is 17.2 Å². The second-order valence-corrected chi connectivity index (χ2v) is 12.9. The van der Waals surface area contributed by atoms with Gasteiger partial charge in [0.2, 0.25) is 0 Å². The molecule has 0 spiro atoms. The van der Waals surface area contributed by atoms with E-state index >= 15 is 0 Å². The van der Waals surface area contributed by atoms with Crippen LogP contribution in [0.15, 0.2) is 40.9 Å². The first-order chi connectivity index (χ1) is 20.6. The van der Waals surface area contributed by atoms with Crippen molar-refractivity contribution in [3.05, 3.63) is 63.3 Å². The van der Waals surface area contributed by atoms with E-state index in [0.717, 1.165) is 30.6 Å². The summed E-state index contributed by atoms with van der Waals surface area (Å²) in [6.45, 7) is 6.20. The molecular formula is C32H35Cl2N3O6. The Labute approximate surface area is 260 Å². The third-order valence-electron chi connectivity index (χ3n) is 8.59. The number of carbonyl (C=O) groups excluding carboxylic acids is 1. The maximum atomic E-state index is 13.6. The number of benzene rings is 2. The molecule has 6 rings (SSSR count). The maximum Gasteiger partial charge on any atom is 0.335 e. The van der Waals surface area contributed by atoms with Crippen molar-refractivity contribution < 1.29 is 28.7 Å². The lowest BCUT2D eigenvalue weighted by Gasteiger charge is -2.39. The quantitative estimate of drug-likeness (QED) is 0.247. The number of nitrogens with one attached hydrogen (secondary N) is 1. The zero-order valence-electron chi connectivity index (χ0n) is 24.3. The number of amides is 2. The largest absolute Gasteiger partial charge is 0.489 e. The maximum absolute atomic E-state index is 13.6. The van der Waals surface area contributed by atoms with E-state index in [0.29, 0.717) is 64.0 Å². The predicted molar refractivity (Wildman–Crippen MR) is 163 cm³/mol. The van der Waals surface area contributed by atoms with Crippen molar-refractivity contribution in [3.8, 4) is 17.0 Å². The molecule has 1 aromatic heterocycles. The van der Waals surface area contributed by atoms with Crippen molar-refractivity contribution in [2.45, 2.75) is 89.7 Å². The van der Waals surface area contributed by atoms with Gasteiger partial charge in [-0.2, -0.15) is 0 Å². The SMILES string of the molecule is CC(C)Oc1cc(C(=O)O)ccc1NC(=O)N1C2C[C@H](OCc3c(-c4c(Cl)cccc4Cl)noc3C3CC3)CC1[C@H](C)C2. The molecule has 2 amide bonds. The molecule has 228 valence electrons. The minimum atomic E-state index is -1.06. The first-order valence-electron chi connectivity index (χ1n) is 14.8. The molecular weight excluding hydrogens is 593 g/mol. The number of carboxylic acid groups (broad SMARTS) is 1. The molecule has 2 bridgehead atoms. The van der Waals surface area contributed by atoms with Gasteiger partial charge in [0.15, 0.2) is 0 Å². The average molecular weight is 629 g/mol. The molecule has 2 aliphatic heterocycles. The van der Waals surface area contributed by atoms with Gasteiger partial charge in [-0.15, -0.1) is 0 Å². The summed E-state index contributed by atoms with van der Waals surface area (Å²) in [7, 11) is 0. The second-order valence-electron chi connectivity index (χ2n) is 12.1. The summed E-state index contributed by atoms with van der Waals surface area (Å²) >= 11 is 13.1. The number of carboxylic acids is 1. The Morgan fingerprint density at radius 1 is 1.14 bits per heavy atom. The highest BCUT2D eigenvalue weighted by atomic mass is 35.5. The van der Waals surface area contributed by atoms with Crippen molar-refractivity contribution in [2.24, 2.45) is 5.92 Å². The number of ether oxygens (including phenoxy) is 2. The zero-order chi connectivity index (χ0) is 30.4. The Morgan fingerprint density at radius 2 is 1.88 bits per heavy atom. The molecule has 43 heavy (non-hydrogen) atoms. The monoisotopic (exact) mass is 627 g/mol. The van der Waals surface area contributed by atoms with Crippen LogP contribution in [0, 0.1) is 5.92 Å². The number of aromatic carboxylic acids is 1. The zero-order valence-corrected chi connectivity index (χ0v) is 25.8. The van der Waals surface area contributed by atoms with Crippen molar-refractivity contribution in [1.29, 1.82) is 0 Å². The number of rotatable bonds is 9. The third kappa shape index (κ3) is 6.08. The summed E-state index contributed by atoms with van der Waals surface area (Å²) in [6.07, 6.45) is 4.15. The van der Waals surface area contributed by atoms with E-state index in [1.54, 1.807) is 24.3 Å². The van der Waals surface area contributed by atoms with Crippen molar-refractivity contribution in [2.75, 3.05) is 5.32 Å². The van der Waals surface area contributed by atoms with Gasteiger partial charge >= 0.3 is 12.0 Å². The number of piperidine rings is 1. The fraction of sp³-hybridized carbons (Fsp3) is 0.469. The Morgan fingerprint density at radius 3 is 2.53 bits per heavy atom. The minimum Gasteiger partial charge on any atom is -0.489 e. The molecule has 1 saturated carbocycles. The lowest BCUT2D eigenvalue weighted by atomic mass is 9.97. The van der Waals surface area contributed by atoms with E-state index in [2.05, 4.69) is 17.4 Å². The lowest BCUT2D eigenvalue weighted by molar-refractivity contribution is -0.0181. The van der Waals surface area contributed by atoms with Gasteiger partial charge in [-0.1, -0.05) is 41.3 Å². The summed E-state index contributed by atoms with van der Waals surface area (Å²) in [4.78, 5) is 27.1. The van der Waals surface area contributed by atoms with Crippen molar-refractivity contribution in [3.63, 3.8) is 0 Å². The van der Waals surface area contributed by atoms with Gasteiger partial charge in [-0.25, -0.2) is 9.59 Å². The summed E-state index contributed by atoms with van der Waals surface area (Å²) < 4.78 is 18.2. The van der Waals surface area contributed by atoms with Crippen LogP contribution in [0.3, 0.4) is 0 Å².